The van der Waals surface area contributed by atoms with Crippen molar-refractivity contribution in [2.45, 2.75) is 69.6 Å². The van der Waals surface area contributed by atoms with E-state index in [4.69, 9.17) is 0 Å². The highest BCUT2D eigenvalue weighted by Gasteiger charge is 2.56. The molecule has 2 heteroatoms. The van der Waals surface area contributed by atoms with Gasteiger partial charge in [0.05, 0.1) is 5.41 Å². The minimum atomic E-state index is 0.221. The van der Waals surface area contributed by atoms with Gasteiger partial charge in [-0.25, -0.2) is 0 Å². The number of fused-ring (bicyclic) bond motifs is 4. The van der Waals surface area contributed by atoms with Crippen molar-refractivity contribution in [1.82, 2.24) is 0 Å². The molecule has 0 saturated heterocycles. The van der Waals surface area contributed by atoms with Crippen LogP contribution in [-0.2, 0) is 10.8 Å². The van der Waals surface area contributed by atoms with Crippen molar-refractivity contribution in [3.8, 4) is 0 Å². The van der Waals surface area contributed by atoms with Crippen LogP contribution in [0.5, 0.6) is 0 Å². The Kier molecular flexibility index (Phi) is 4.04. The lowest BCUT2D eigenvalue weighted by molar-refractivity contribution is -0.433. The lowest BCUT2D eigenvalue weighted by atomic mass is 9.62. The topological polar surface area (TPSA) is 6.25 Å². The molecule has 2 aliphatic heterocycles. The average Bonchev–Trinajstić information content (AvgIpc) is 3.41. The van der Waals surface area contributed by atoms with Crippen LogP contribution in [0, 0.1) is 0 Å². The molecule has 2 aromatic rings. The molecule has 4 aliphatic rings. The molecule has 6 rings (SSSR count). The highest BCUT2D eigenvalue weighted by molar-refractivity contribution is 6.05. The predicted molar refractivity (Wildman–Crippen MR) is 125 cm³/mol. The van der Waals surface area contributed by atoms with Crippen molar-refractivity contribution in [3.05, 3.63) is 71.4 Å². The molecule has 0 aromatic heterocycles. The molecule has 2 aliphatic carbocycles. The fourth-order valence-corrected chi connectivity index (χ4v) is 7.08. The Morgan fingerprint density at radius 1 is 0.833 bits per heavy atom. The Morgan fingerprint density at radius 2 is 1.50 bits per heavy atom. The van der Waals surface area contributed by atoms with Gasteiger partial charge in [0.1, 0.15) is 6.54 Å². The van der Waals surface area contributed by atoms with Crippen LogP contribution in [0.3, 0.4) is 0 Å². The zero-order valence-corrected chi connectivity index (χ0v) is 18.5. The summed E-state index contributed by atoms with van der Waals surface area (Å²) in [5, 5.41) is 0. The lowest BCUT2D eigenvalue weighted by Crippen LogP contribution is -2.42. The summed E-state index contributed by atoms with van der Waals surface area (Å²) in [6, 6.07) is 18.4. The molecule has 154 valence electrons. The van der Waals surface area contributed by atoms with E-state index >= 15 is 0 Å². The van der Waals surface area contributed by atoms with Crippen molar-refractivity contribution in [1.29, 1.82) is 0 Å². The molecular formula is C28H33N2+. The summed E-state index contributed by atoms with van der Waals surface area (Å²) >= 11 is 0. The highest BCUT2D eigenvalue weighted by atomic mass is 15.2. The Labute approximate surface area is 180 Å². The first-order valence-electron chi connectivity index (χ1n) is 12.1. The van der Waals surface area contributed by atoms with Gasteiger partial charge in [0.2, 0.25) is 5.69 Å². The van der Waals surface area contributed by atoms with Gasteiger partial charge in [0.25, 0.3) is 0 Å². The summed E-state index contributed by atoms with van der Waals surface area (Å²) in [7, 11) is 0. The molecule has 2 spiro atoms. The van der Waals surface area contributed by atoms with Crippen LogP contribution >= 0.6 is 0 Å². The zero-order valence-electron chi connectivity index (χ0n) is 18.5. The Balaban J connectivity index is 1.59. The largest absolute Gasteiger partial charge is 0.344 e. The van der Waals surface area contributed by atoms with Crippen LogP contribution in [-0.4, -0.2) is 23.4 Å². The maximum absolute atomic E-state index is 2.66. The predicted octanol–water partition coefficient (Wildman–Crippen LogP) is 6.46. The number of likely N-dealkylation sites (N-methyl/N-ethyl adjacent to an activating group) is 1. The third-order valence-electron chi connectivity index (χ3n) is 8.55. The standard InChI is InChI=1S/C28H33N2/c1-3-29-23-14-7-5-12-21(23)27(16-9-10-17-27)25(29)20-26-28(18-11-19-28)22-13-6-8-15-24(22)30(26)4-2/h5-8,12-15,20H,3-4,9-11,16-19H2,1-2H3/q+1. The van der Waals surface area contributed by atoms with Gasteiger partial charge in [0.15, 0.2) is 5.71 Å². The number of hydrogen-bond acceptors (Lipinski definition) is 1. The summed E-state index contributed by atoms with van der Waals surface area (Å²) in [6.07, 6.45) is 11.9. The van der Waals surface area contributed by atoms with Crippen molar-refractivity contribution >= 4 is 17.1 Å². The maximum Gasteiger partial charge on any atom is 0.209 e. The molecule has 2 fully saturated rings. The summed E-state index contributed by atoms with van der Waals surface area (Å²) in [5.41, 5.74) is 9.68. The first-order valence-corrected chi connectivity index (χ1v) is 12.1. The van der Waals surface area contributed by atoms with E-state index in [1.807, 2.05) is 0 Å². The van der Waals surface area contributed by atoms with Crippen LogP contribution in [0.4, 0.5) is 11.4 Å². The van der Waals surface area contributed by atoms with E-state index < -0.39 is 0 Å². The van der Waals surface area contributed by atoms with E-state index in [9.17, 15) is 0 Å². The fraction of sp³-hybridized carbons (Fsp3) is 0.464. The second-order valence-corrected chi connectivity index (χ2v) is 9.66. The van der Waals surface area contributed by atoms with Gasteiger partial charge in [0, 0.05) is 41.1 Å². The average molecular weight is 398 g/mol. The number of nitrogens with zero attached hydrogens (tertiary/aromatic N) is 2. The SMILES string of the molecule is CCN1C(=CC2=[N+](CC)c3ccccc3C23CCC3)C2(CCCC2)c2ccccc21. The normalized spacial score (nSPS) is 24.1. The second kappa shape index (κ2) is 6.57. The first-order chi connectivity index (χ1) is 14.7. The monoisotopic (exact) mass is 397 g/mol. The van der Waals surface area contributed by atoms with Gasteiger partial charge < -0.3 is 4.90 Å². The van der Waals surface area contributed by atoms with Gasteiger partial charge in [-0.3, -0.25) is 0 Å². The molecule has 0 atom stereocenters. The molecule has 2 nitrogen and oxygen atoms in total. The van der Waals surface area contributed by atoms with Gasteiger partial charge in [-0.15, -0.1) is 0 Å². The molecule has 0 bridgehead atoms. The van der Waals surface area contributed by atoms with Crippen molar-refractivity contribution in [2.75, 3.05) is 18.0 Å². The van der Waals surface area contributed by atoms with Crippen LogP contribution < -0.4 is 4.90 Å². The molecule has 2 heterocycles. The molecule has 30 heavy (non-hydrogen) atoms. The minimum Gasteiger partial charge on any atom is -0.344 e. The minimum absolute atomic E-state index is 0.221. The lowest BCUT2D eigenvalue weighted by Gasteiger charge is -2.37. The van der Waals surface area contributed by atoms with Gasteiger partial charge in [-0.05, 0) is 51.2 Å². The molecule has 0 N–H and O–H groups in total. The molecule has 0 unspecified atom stereocenters. The smallest absolute Gasteiger partial charge is 0.209 e. The van der Waals surface area contributed by atoms with E-state index in [0.717, 1.165) is 13.1 Å². The Hall–Kier alpha value is -2.35. The summed E-state index contributed by atoms with van der Waals surface area (Å²) in [6.45, 7) is 6.73. The Morgan fingerprint density at radius 3 is 2.17 bits per heavy atom. The maximum atomic E-state index is 2.66. The molecule has 0 radical (unpaired) electrons. The van der Waals surface area contributed by atoms with Crippen LogP contribution in [0.1, 0.15) is 69.9 Å². The summed E-state index contributed by atoms with van der Waals surface area (Å²) in [4.78, 5) is 2.64. The van der Waals surface area contributed by atoms with Crippen molar-refractivity contribution < 1.29 is 4.58 Å². The molecule has 2 aromatic carbocycles. The quantitative estimate of drug-likeness (QED) is 0.539. The Bertz CT molecular complexity index is 1060. The van der Waals surface area contributed by atoms with E-state index in [2.05, 4.69) is 77.9 Å². The zero-order chi connectivity index (χ0) is 20.3. The van der Waals surface area contributed by atoms with E-state index in [-0.39, 0.29) is 10.8 Å². The van der Waals surface area contributed by atoms with Gasteiger partial charge in [-0.1, -0.05) is 55.7 Å². The van der Waals surface area contributed by atoms with Crippen molar-refractivity contribution in [2.24, 2.45) is 0 Å². The highest BCUT2D eigenvalue weighted by Crippen LogP contribution is 2.58. The van der Waals surface area contributed by atoms with Crippen LogP contribution in [0.15, 0.2) is 60.3 Å². The van der Waals surface area contributed by atoms with E-state index in [0.29, 0.717) is 0 Å². The number of hydrogen-bond donors (Lipinski definition) is 0. The van der Waals surface area contributed by atoms with Gasteiger partial charge in [-0.2, -0.15) is 4.58 Å². The third-order valence-corrected chi connectivity index (χ3v) is 8.55. The number of rotatable bonds is 3. The van der Waals surface area contributed by atoms with E-state index in [1.54, 1.807) is 22.5 Å². The summed E-state index contributed by atoms with van der Waals surface area (Å²) in [5.74, 6) is 0. The third kappa shape index (κ3) is 2.18. The molecule has 2 saturated carbocycles. The number of benzene rings is 2. The number of para-hydroxylation sites is 2. The fourth-order valence-electron chi connectivity index (χ4n) is 7.08. The molecule has 0 amide bonds. The van der Waals surface area contributed by atoms with Crippen LogP contribution in [0.25, 0.3) is 0 Å². The van der Waals surface area contributed by atoms with Crippen molar-refractivity contribution in [3.63, 3.8) is 0 Å². The number of allylic oxidation sites excluding steroid dienone is 2. The van der Waals surface area contributed by atoms with E-state index in [1.165, 1.54) is 56.3 Å². The van der Waals surface area contributed by atoms with Gasteiger partial charge >= 0.3 is 0 Å². The van der Waals surface area contributed by atoms with Crippen LogP contribution in [0.2, 0.25) is 0 Å². The number of anilines is 1. The molecular weight excluding hydrogens is 364 g/mol. The first kappa shape index (κ1) is 18.4. The second-order valence-electron chi connectivity index (χ2n) is 9.66. The summed E-state index contributed by atoms with van der Waals surface area (Å²) < 4.78 is 2.63.